The van der Waals surface area contributed by atoms with Gasteiger partial charge in [-0.15, -0.1) is 0 Å². The van der Waals surface area contributed by atoms with Gasteiger partial charge < -0.3 is 15.5 Å². The third-order valence-corrected chi connectivity index (χ3v) is 8.35. The molecule has 2 aromatic carbocycles. The normalized spacial score (nSPS) is 17.0. The molecular weight excluding hydrogens is 498 g/mol. The average Bonchev–Trinajstić information content (AvgIpc) is 3.24. The standard InChI is InChI=1S/C28H37N7O2S/c1-32-26-19-23(8-9-25(26)28(31-32)30-27(37)10-11-29-21-36)34-16-14-33(15-17-34)20-22-6-5-7-24(18-22)38-35-12-3-2-4-13-35/h5-9,18-19,21H,2-4,10-17,20H2,1H3,(H,29,36)(H,30,31,37). The molecule has 0 saturated carbocycles. The van der Waals surface area contributed by atoms with Crippen molar-refractivity contribution in [3.63, 3.8) is 0 Å². The molecule has 0 unspecified atom stereocenters. The van der Waals surface area contributed by atoms with E-state index in [0.29, 0.717) is 18.8 Å². The highest BCUT2D eigenvalue weighted by Gasteiger charge is 2.20. The number of rotatable bonds is 10. The number of amides is 2. The third kappa shape index (κ3) is 6.67. The number of benzene rings is 2. The first-order chi connectivity index (χ1) is 18.6. The van der Waals surface area contributed by atoms with Crippen LogP contribution in [0.25, 0.3) is 10.9 Å². The maximum absolute atomic E-state index is 12.2. The summed E-state index contributed by atoms with van der Waals surface area (Å²) in [6.45, 7) is 7.65. The Balaban J connectivity index is 1.16. The van der Waals surface area contributed by atoms with E-state index in [1.54, 1.807) is 0 Å². The monoisotopic (exact) mass is 535 g/mol. The second-order valence-electron chi connectivity index (χ2n) is 10.0. The van der Waals surface area contributed by atoms with Gasteiger partial charge in [0.15, 0.2) is 5.82 Å². The molecular formula is C28H37N7O2S. The lowest BCUT2D eigenvalue weighted by atomic mass is 10.1. The van der Waals surface area contributed by atoms with Gasteiger partial charge in [0.2, 0.25) is 12.3 Å². The number of hydrogen-bond acceptors (Lipinski definition) is 7. The van der Waals surface area contributed by atoms with Crippen molar-refractivity contribution < 1.29 is 9.59 Å². The van der Waals surface area contributed by atoms with E-state index in [-0.39, 0.29) is 12.3 Å². The molecule has 2 saturated heterocycles. The van der Waals surface area contributed by atoms with Gasteiger partial charge in [-0.2, -0.15) is 5.10 Å². The van der Waals surface area contributed by atoms with E-state index in [4.69, 9.17) is 0 Å². The molecule has 9 nitrogen and oxygen atoms in total. The van der Waals surface area contributed by atoms with Crippen molar-refractivity contribution in [2.45, 2.75) is 37.1 Å². The van der Waals surface area contributed by atoms with Crippen LogP contribution in [-0.2, 0) is 23.2 Å². The molecule has 0 aliphatic carbocycles. The van der Waals surface area contributed by atoms with Crippen LogP contribution in [-0.4, -0.2) is 77.1 Å². The summed E-state index contributed by atoms with van der Waals surface area (Å²) in [7, 11) is 1.89. The van der Waals surface area contributed by atoms with Crippen LogP contribution in [0, 0.1) is 0 Å². The summed E-state index contributed by atoms with van der Waals surface area (Å²) in [4.78, 5) is 28.9. The number of hydrogen-bond donors (Lipinski definition) is 2. The first-order valence-electron chi connectivity index (χ1n) is 13.5. The summed E-state index contributed by atoms with van der Waals surface area (Å²) in [5, 5.41) is 10.8. The summed E-state index contributed by atoms with van der Waals surface area (Å²) >= 11 is 1.91. The lowest BCUT2D eigenvalue weighted by Gasteiger charge is -2.36. The number of piperazine rings is 1. The van der Waals surface area contributed by atoms with Crippen molar-refractivity contribution in [2.75, 3.05) is 56.0 Å². The SMILES string of the molecule is Cn1nc(NC(=O)CCNC=O)c2ccc(N3CCN(Cc4cccc(SN5CCCCC5)c4)CC3)cc21. The van der Waals surface area contributed by atoms with E-state index in [9.17, 15) is 9.59 Å². The van der Waals surface area contributed by atoms with E-state index >= 15 is 0 Å². The van der Waals surface area contributed by atoms with Gasteiger partial charge >= 0.3 is 0 Å². The Morgan fingerprint density at radius 2 is 1.84 bits per heavy atom. The first kappa shape index (κ1) is 26.5. The predicted octanol–water partition coefficient (Wildman–Crippen LogP) is 3.46. The largest absolute Gasteiger partial charge is 0.369 e. The number of anilines is 2. The highest BCUT2D eigenvalue weighted by atomic mass is 32.2. The van der Waals surface area contributed by atoms with Crippen LogP contribution >= 0.6 is 11.9 Å². The summed E-state index contributed by atoms with van der Waals surface area (Å²) < 4.78 is 4.31. The molecule has 2 amide bonds. The van der Waals surface area contributed by atoms with Crippen molar-refractivity contribution in [3.05, 3.63) is 48.0 Å². The van der Waals surface area contributed by atoms with Gasteiger partial charge in [-0.05, 0) is 60.7 Å². The van der Waals surface area contributed by atoms with Crippen molar-refractivity contribution in [3.8, 4) is 0 Å². The smallest absolute Gasteiger partial charge is 0.227 e. The predicted molar refractivity (Wildman–Crippen MR) is 153 cm³/mol. The number of aromatic nitrogens is 2. The van der Waals surface area contributed by atoms with Crippen LogP contribution in [0.5, 0.6) is 0 Å². The number of carbonyl (C=O) groups is 2. The Kier molecular flexibility index (Phi) is 8.83. The number of nitrogens with zero attached hydrogens (tertiary/aromatic N) is 5. The van der Waals surface area contributed by atoms with Crippen LogP contribution in [0.4, 0.5) is 11.5 Å². The maximum atomic E-state index is 12.2. The highest BCUT2D eigenvalue weighted by molar-refractivity contribution is 7.97. The second kappa shape index (κ2) is 12.6. The highest BCUT2D eigenvalue weighted by Crippen LogP contribution is 2.29. The van der Waals surface area contributed by atoms with Crippen molar-refractivity contribution in [1.82, 2.24) is 24.3 Å². The topological polar surface area (TPSA) is 85.7 Å². The first-order valence-corrected chi connectivity index (χ1v) is 14.3. The Hall–Kier alpha value is -3.08. The number of aryl methyl sites for hydroxylation is 1. The molecule has 10 heteroatoms. The molecule has 3 heterocycles. The summed E-state index contributed by atoms with van der Waals surface area (Å²) in [6, 6.07) is 15.3. The summed E-state index contributed by atoms with van der Waals surface area (Å²) in [5.41, 5.74) is 3.54. The Bertz CT molecular complexity index is 1250. The molecule has 0 radical (unpaired) electrons. The Labute approximate surface area is 228 Å². The maximum Gasteiger partial charge on any atom is 0.227 e. The fourth-order valence-corrected chi connectivity index (χ4v) is 6.28. The molecule has 2 aliphatic rings. The molecule has 202 valence electrons. The van der Waals surface area contributed by atoms with E-state index in [1.807, 2.05) is 29.7 Å². The molecule has 38 heavy (non-hydrogen) atoms. The van der Waals surface area contributed by atoms with Crippen LogP contribution in [0.1, 0.15) is 31.2 Å². The van der Waals surface area contributed by atoms with Crippen LogP contribution in [0.2, 0.25) is 0 Å². The molecule has 2 aliphatic heterocycles. The Morgan fingerprint density at radius 1 is 1.03 bits per heavy atom. The fraction of sp³-hybridized carbons (Fsp3) is 0.464. The van der Waals surface area contributed by atoms with Gasteiger partial charge in [-0.25, -0.2) is 4.31 Å². The number of piperidine rings is 1. The van der Waals surface area contributed by atoms with Gasteiger partial charge in [-0.3, -0.25) is 19.2 Å². The molecule has 3 aromatic rings. The summed E-state index contributed by atoms with van der Waals surface area (Å²) in [5.74, 6) is 0.380. The quantitative estimate of drug-likeness (QED) is 0.234. The molecule has 2 fully saturated rings. The van der Waals surface area contributed by atoms with Gasteiger partial charge in [0.05, 0.1) is 5.52 Å². The molecule has 0 bridgehead atoms. The number of nitrogens with one attached hydrogen (secondary N) is 2. The molecule has 0 atom stereocenters. The zero-order chi connectivity index (χ0) is 26.3. The van der Waals surface area contributed by atoms with E-state index < -0.39 is 0 Å². The van der Waals surface area contributed by atoms with Crippen LogP contribution in [0.3, 0.4) is 0 Å². The van der Waals surface area contributed by atoms with Crippen LogP contribution < -0.4 is 15.5 Å². The Morgan fingerprint density at radius 3 is 2.63 bits per heavy atom. The van der Waals surface area contributed by atoms with Crippen molar-refractivity contribution >= 4 is 46.7 Å². The molecule has 5 rings (SSSR count). The second-order valence-corrected chi connectivity index (χ2v) is 11.2. The van der Waals surface area contributed by atoms with Gasteiger partial charge in [-0.1, -0.05) is 18.6 Å². The van der Waals surface area contributed by atoms with E-state index in [0.717, 1.165) is 43.6 Å². The number of fused-ring (bicyclic) bond motifs is 1. The summed E-state index contributed by atoms with van der Waals surface area (Å²) in [6.07, 6.45) is 4.78. The zero-order valence-corrected chi connectivity index (χ0v) is 22.9. The minimum atomic E-state index is -0.171. The molecule has 0 spiro atoms. The lowest BCUT2D eigenvalue weighted by Crippen LogP contribution is -2.45. The zero-order valence-electron chi connectivity index (χ0n) is 22.1. The number of carbonyl (C=O) groups excluding carboxylic acids is 2. The van der Waals surface area contributed by atoms with E-state index in [1.165, 1.54) is 48.5 Å². The minimum absolute atomic E-state index is 0.171. The van der Waals surface area contributed by atoms with Crippen molar-refractivity contribution in [1.29, 1.82) is 0 Å². The van der Waals surface area contributed by atoms with Gasteiger partial charge in [0, 0.05) is 81.8 Å². The minimum Gasteiger partial charge on any atom is -0.369 e. The third-order valence-electron chi connectivity index (χ3n) is 7.26. The average molecular weight is 536 g/mol. The van der Waals surface area contributed by atoms with E-state index in [2.05, 4.69) is 66.2 Å². The lowest BCUT2D eigenvalue weighted by molar-refractivity contribution is -0.116. The van der Waals surface area contributed by atoms with Crippen LogP contribution in [0.15, 0.2) is 47.4 Å². The molecule has 1 aromatic heterocycles. The fourth-order valence-electron chi connectivity index (χ4n) is 5.20. The van der Waals surface area contributed by atoms with Crippen molar-refractivity contribution in [2.24, 2.45) is 7.05 Å². The molecule has 2 N–H and O–H groups in total. The van der Waals surface area contributed by atoms with Gasteiger partial charge in [0.25, 0.3) is 0 Å². The van der Waals surface area contributed by atoms with Gasteiger partial charge in [0.1, 0.15) is 0 Å².